The standard InChI is InChI=1S/C17H27NO/c1-12(2)13(3)18(4)16-11-7-9-14-8-5-6-10-15(14)17(16)19/h5-6,8,10,12-13,16-17,19H,7,9,11H2,1-4H3. The first-order valence-electron chi connectivity index (χ1n) is 7.50. The highest BCUT2D eigenvalue weighted by molar-refractivity contribution is 5.31. The van der Waals surface area contributed by atoms with E-state index in [1.165, 1.54) is 5.56 Å². The minimum atomic E-state index is -0.357. The molecular formula is C17H27NO. The maximum atomic E-state index is 10.8. The van der Waals surface area contributed by atoms with Gasteiger partial charge in [0.05, 0.1) is 6.10 Å². The number of aliphatic hydroxyl groups is 1. The summed E-state index contributed by atoms with van der Waals surface area (Å²) >= 11 is 0. The van der Waals surface area contributed by atoms with Crippen molar-refractivity contribution in [2.75, 3.05) is 7.05 Å². The van der Waals surface area contributed by atoms with Crippen LogP contribution in [0.3, 0.4) is 0 Å². The number of likely N-dealkylation sites (N-methyl/N-ethyl adjacent to an activating group) is 1. The van der Waals surface area contributed by atoms with E-state index in [1.807, 2.05) is 6.07 Å². The summed E-state index contributed by atoms with van der Waals surface area (Å²) in [6.45, 7) is 6.75. The molecule has 1 aromatic rings. The van der Waals surface area contributed by atoms with E-state index in [9.17, 15) is 5.11 Å². The average Bonchev–Trinajstić information content (AvgIpc) is 2.57. The zero-order valence-electron chi connectivity index (χ0n) is 12.6. The Bertz CT molecular complexity index is 415. The molecule has 2 nitrogen and oxygen atoms in total. The summed E-state index contributed by atoms with van der Waals surface area (Å²) in [5.41, 5.74) is 2.45. The van der Waals surface area contributed by atoms with Crippen molar-refractivity contribution in [3.05, 3.63) is 35.4 Å². The lowest BCUT2D eigenvalue weighted by Crippen LogP contribution is -2.44. The molecule has 0 bridgehead atoms. The average molecular weight is 261 g/mol. The summed E-state index contributed by atoms with van der Waals surface area (Å²) in [7, 11) is 2.16. The topological polar surface area (TPSA) is 23.5 Å². The number of rotatable bonds is 3. The fraction of sp³-hybridized carbons (Fsp3) is 0.647. The first-order chi connectivity index (χ1) is 9.02. The third-order valence-electron chi connectivity index (χ3n) is 4.81. The van der Waals surface area contributed by atoms with Crippen LogP contribution in [0.25, 0.3) is 0 Å². The molecule has 1 N–H and O–H groups in total. The summed E-state index contributed by atoms with van der Waals surface area (Å²) < 4.78 is 0. The quantitative estimate of drug-likeness (QED) is 0.843. The highest BCUT2D eigenvalue weighted by atomic mass is 16.3. The number of fused-ring (bicyclic) bond motifs is 1. The van der Waals surface area contributed by atoms with Crippen molar-refractivity contribution in [2.24, 2.45) is 5.92 Å². The summed E-state index contributed by atoms with van der Waals surface area (Å²) in [5.74, 6) is 0.607. The van der Waals surface area contributed by atoms with Crippen LogP contribution in [0, 0.1) is 5.92 Å². The molecular weight excluding hydrogens is 234 g/mol. The van der Waals surface area contributed by atoms with Crippen molar-refractivity contribution in [3.8, 4) is 0 Å². The van der Waals surface area contributed by atoms with Gasteiger partial charge >= 0.3 is 0 Å². The first-order valence-corrected chi connectivity index (χ1v) is 7.50. The van der Waals surface area contributed by atoms with E-state index in [2.05, 4.69) is 50.9 Å². The Morgan fingerprint density at radius 3 is 2.58 bits per heavy atom. The molecule has 0 spiro atoms. The lowest BCUT2D eigenvalue weighted by atomic mass is 9.95. The van der Waals surface area contributed by atoms with Gasteiger partial charge in [-0.2, -0.15) is 0 Å². The minimum absolute atomic E-state index is 0.237. The summed E-state index contributed by atoms with van der Waals surface area (Å²) in [6.07, 6.45) is 2.97. The second kappa shape index (κ2) is 6.06. The molecule has 0 aromatic heterocycles. The largest absolute Gasteiger partial charge is 0.387 e. The Hall–Kier alpha value is -0.860. The van der Waals surface area contributed by atoms with E-state index in [0.717, 1.165) is 24.8 Å². The molecule has 1 aromatic carbocycles. The van der Waals surface area contributed by atoms with Gasteiger partial charge in [-0.25, -0.2) is 0 Å². The van der Waals surface area contributed by atoms with Gasteiger partial charge in [-0.05, 0) is 50.3 Å². The number of hydrogen-bond donors (Lipinski definition) is 1. The maximum Gasteiger partial charge on any atom is 0.0947 e. The van der Waals surface area contributed by atoms with Gasteiger partial charge in [0.1, 0.15) is 0 Å². The van der Waals surface area contributed by atoms with Crippen LogP contribution in [0.2, 0.25) is 0 Å². The summed E-state index contributed by atoms with van der Waals surface area (Å²) in [6, 6.07) is 9.09. The Morgan fingerprint density at radius 1 is 1.21 bits per heavy atom. The molecule has 0 amide bonds. The van der Waals surface area contributed by atoms with Crippen molar-refractivity contribution < 1.29 is 5.11 Å². The molecule has 2 heteroatoms. The van der Waals surface area contributed by atoms with Crippen molar-refractivity contribution in [2.45, 2.75) is 58.2 Å². The van der Waals surface area contributed by atoms with Crippen LogP contribution in [-0.4, -0.2) is 29.1 Å². The molecule has 0 saturated carbocycles. The van der Waals surface area contributed by atoms with Crippen molar-refractivity contribution in [3.63, 3.8) is 0 Å². The molecule has 1 aliphatic carbocycles. The molecule has 19 heavy (non-hydrogen) atoms. The second-order valence-electron chi connectivity index (χ2n) is 6.25. The monoisotopic (exact) mass is 261 g/mol. The van der Waals surface area contributed by atoms with Crippen molar-refractivity contribution in [1.29, 1.82) is 0 Å². The normalized spacial score (nSPS) is 25.2. The van der Waals surface area contributed by atoms with Gasteiger partial charge in [0, 0.05) is 12.1 Å². The highest BCUT2D eigenvalue weighted by Gasteiger charge is 2.31. The second-order valence-corrected chi connectivity index (χ2v) is 6.25. The van der Waals surface area contributed by atoms with E-state index in [1.54, 1.807) is 0 Å². The fourth-order valence-corrected chi connectivity index (χ4v) is 3.12. The predicted octanol–water partition coefficient (Wildman–Crippen LogP) is 3.40. The van der Waals surface area contributed by atoms with Gasteiger partial charge < -0.3 is 5.11 Å². The van der Waals surface area contributed by atoms with Crippen molar-refractivity contribution >= 4 is 0 Å². The van der Waals surface area contributed by atoms with Gasteiger partial charge in [-0.3, -0.25) is 4.90 Å². The predicted molar refractivity (Wildman–Crippen MR) is 80.2 cm³/mol. The molecule has 0 aliphatic heterocycles. The Balaban J connectivity index is 2.24. The number of aliphatic hydroxyl groups excluding tert-OH is 1. The molecule has 3 atom stereocenters. The number of benzene rings is 1. The zero-order valence-corrected chi connectivity index (χ0v) is 12.6. The zero-order chi connectivity index (χ0) is 14.0. The Morgan fingerprint density at radius 2 is 1.89 bits per heavy atom. The molecule has 3 unspecified atom stereocenters. The maximum absolute atomic E-state index is 10.8. The van der Waals surface area contributed by atoms with Gasteiger partial charge in [0.25, 0.3) is 0 Å². The SMILES string of the molecule is CC(C)C(C)N(C)C1CCCc2ccccc2C1O. The van der Waals surface area contributed by atoms with Gasteiger partial charge in [0.2, 0.25) is 0 Å². The molecule has 1 aliphatic rings. The Kier molecular flexibility index (Phi) is 4.64. The third-order valence-corrected chi connectivity index (χ3v) is 4.81. The smallest absolute Gasteiger partial charge is 0.0947 e. The van der Waals surface area contributed by atoms with Gasteiger partial charge in [0.15, 0.2) is 0 Å². The minimum Gasteiger partial charge on any atom is -0.387 e. The van der Waals surface area contributed by atoms with Gasteiger partial charge in [-0.15, -0.1) is 0 Å². The van der Waals surface area contributed by atoms with E-state index in [0.29, 0.717) is 12.0 Å². The van der Waals surface area contributed by atoms with Crippen LogP contribution >= 0.6 is 0 Å². The molecule has 2 rings (SSSR count). The number of aryl methyl sites for hydroxylation is 1. The van der Waals surface area contributed by atoms with E-state index in [4.69, 9.17) is 0 Å². The summed E-state index contributed by atoms with van der Waals surface area (Å²) in [5, 5.41) is 10.8. The highest BCUT2D eigenvalue weighted by Crippen LogP contribution is 2.32. The molecule has 0 saturated heterocycles. The third kappa shape index (κ3) is 3.01. The van der Waals surface area contributed by atoms with E-state index in [-0.39, 0.29) is 12.1 Å². The lowest BCUT2D eigenvalue weighted by Gasteiger charge is -2.37. The van der Waals surface area contributed by atoms with Crippen LogP contribution in [-0.2, 0) is 6.42 Å². The molecule has 0 fully saturated rings. The van der Waals surface area contributed by atoms with Crippen LogP contribution in [0.1, 0.15) is 50.8 Å². The van der Waals surface area contributed by atoms with E-state index < -0.39 is 0 Å². The van der Waals surface area contributed by atoms with Crippen molar-refractivity contribution in [1.82, 2.24) is 4.90 Å². The first kappa shape index (κ1) is 14.5. The fourth-order valence-electron chi connectivity index (χ4n) is 3.12. The molecule has 0 heterocycles. The summed E-state index contributed by atoms with van der Waals surface area (Å²) in [4.78, 5) is 2.37. The molecule has 106 valence electrons. The number of hydrogen-bond acceptors (Lipinski definition) is 2. The number of nitrogens with zero attached hydrogens (tertiary/aromatic N) is 1. The van der Waals surface area contributed by atoms with Gasteiger partial charge in [-0.1, -0.05) is 38.1 Å². The van der Waals surface area contributed by atoms with Crippen LogP contribution in [0.15, 0.2) is 24.3 Å². The van der Waals surface area contributed by atoms with E-state index >= 15 is 0 Å². The van der Waals surface area contributed by atoms with Crippen LogP contribution in [0.4, 0.5) is 0 Å². The van der Waals surface area contributed by atoms with Crippen LogP contribution < -0.4 is 0 Å². The Labute approximate surface area is 117 Å². The lowest BCUT2D eigenvalue weighted by molar-refractivity contribution is 0.0292. The molecule has 0 radical (unpaired) electrons. The van der Waals surface area contributed by atoms with Crippen LogP contribution in [0.5, 0.6) is 0 Å².